The van der Waals surface area contributed by atoms with Gasteiger partial charge in [0.05, 0.1) is 39.7 Å². The molecule has 1 aliphatic rings. The molecule has 3 unspecified atom stereocenters. The largest absolute Gasteiger partial charge is 0.480 e. The molecule has 0 bridgehead atoms. The predicted molar refractivity (Wildman–Crippen MR) is 267 cm³/mol. The van der Waals surface area contributed by atoms with Gasteiger partial charge < -0.3 is 39.3 Å². The number of aryl methyl sites for hydroxylation is 3. The Morgan fingerprint density at radius 2 is 1.69 bits per heavy atom. The van der Waals surface area contributed by atoms with Gasteiger partial charge in [-0.15, -0.1) is 11.6 Å². The number of carbonyl (C=O) groups is 4. The first-order chi connectivity index (χ1) is 32.9. The fraction of sp³-hybridized carbons (Fsp3) is 0.489. The number of hydrogen-bond donors (Lipinski definition) is 3. The topological polar surface area (TPSA) is 217 Å². The number of alkyl halides is 6. The maximum Gasteiger partial charge on any atom is 0.434 e. The van der Waals surface area contributed by atoms with Gasteiger partial charge in [-0.3, -0.25) is 28.5 Å². The van der Waals surface area contributed by atoms with Crippen molar-refractivity contribution in [2.75, 3.05) is 44.0 Å². The molecule has 26 heteroatoms. The van der Waals surface area contributed by atoms with Crippen LogP contribution in [0.15, 0.2) is 57.6 Å². The zero-order valence-electron chi connectivity index (χ0n) is 40.2. The van der Waals surface area contributed by atoms with Crippen molar-refractivity contribution in [2.45, 2.75) is 95.8 Å². The Hall–Kier alpha value is -3.76. The van der Waals surface area contributed by atoms with Crippen LogP contribution in [0.1, 0.15) is 87.0 Å². The summed E-state index contributed by atoms with van der Waals surface area (Å²) >= 11 is 25.6. The third-order valence-corrected chi connectivity index (χ3v) is 12.7. The third-order valence-electron chi connectivity index (χ3n) is 9.96. The number of aromatic nitrogens is 2. The molecular formula is C45H57BrCl4F4N5O11P. The number of benzene rings is 2. The molecule has 0 spiro atoms. The van der Waals surface area contributed by atoms with E-state index in [1.807, 2.05) is 24.3 Å². The number of rotatable bonds is 15. The second-order valence-corrected chi connectivity index (χ2v) is 21.3. The Kier molecular flexibility index (Phi) is 25.0. The Labute approximate surface area is 437 Å². The molecule has 2 aromatic carbocycles. The van der Waals surface area contributed by atoms with Crippen LogP contribution in [0.3, 0.4) is 0 Å². The van der Waals surface area contributed by atoms with Crippen molar-refractivity contribution in [3.63, 3.8) is 0 Å². The maximum absolute atomic E-state index is 14.3. The summed E-state index contributed by atoms with van der Waals surface area (Å²) in [6.45, 7) is 12.8. The SMILES string of the molecule is CC(C)OC(=O)c1cc(-c2nn(C)c(C(F)(F)F)c2Br)c(F)cc1Cl.CC1(C)OC(c2ccco2)CN1C(=O)C(Cl)Cl.CCc1cccc(CC)c1N(COC)C(=O)CCl.CP(=O)(O)CCC(N)C(=O)O. The summed E-state index contributed by atoms with van der Waals surface area (Å²) in [5.74, 6) is -2.71. The van der Waals surface area contributed by atoms with Crippen molar-refractivity contribution in [2.24, 2.45) is 12.8 Å². The number of para-hydroxylation sites is 1. The lowest BCUT2D eigenvalue weighted by Gasteiger charge is -2.29. The van der Waals surface area contributed by atoms with E-state index < -0.39 is 64.2 Å². The minimum absolute atomic E-state index is 0.0371. The van der Waals surface area contributed by atoms with Gasteiger partial charge in [0.15, 0.2) is 17.9 Å². The molecule has 4 N–H and O–H groups in total. The number of nitrogens with two attached hydrogens (primary N) is 1. The number of hydrogen-bond acceptors (Lipinski definition) is 11. The third kappa shape index (κ3) is 18.6. The average molecular weight is 1170 g/mol. The number of carboxylic acids is 1. The molecule has 0 aliphatic carbocycles. The van der Waals surface area contributed by atoms with Crippen molar-refractivity contribution >= 4 is 99.1 Å². The van der Waals surface area contributed by atoms with Gasteiger partial charge in [0.25, 0.3) is 5.91 Å². The Morgan fingerprint density at radius 1 is 1.10 bits per heavy atom. The molecular weight excluding hydrogens is 1120 g/mol. The van der Waals surface area contributed by atoms with Crippen molar-refractivity contribution in [3.8, 4) is 11.3 Å². The van der Waals surface area contributed by atoms with Gasteiger partial charge in [-0.2, -0.15) is 18.3 Å². The molecule has 16 nitrogen and oxygen atoms in total. The number of amides is 2. The van der Waals surface area contributed by atoms with Gasteiger partial charge in [-0.1, -0.05) is 66.8 Å². The minimum Gasteiger partial charge on any atom is -0.480 e. The van der Waals surface area contributed by atoms with E-state index in [0.717, 1.165) is 48.8 Å². The van der Waals surface area contributed by atoms with E-state index in [9.17, 15) is 41.3 Å². The average Bonchev–Trinajstić information content (AvgIpc) is 4.00. The Bertz CT molecular complexity index is 2450. The Morgan fingerprint density at radius 3 is 2.13 bits per heavy atom. The molecule has 5 rings (SSSR count). The monoisotopic (exact) mass is 1170 g/mol. The van der Waals surface area contributed by atoms with E-state index in [0.29, 0.717) is 17.0 Å². The van der Waals surface area contributed by atoms with Crippen molar-refractivity contribution in [1.29, 1.82) is 0 Å². The normalized spacial score (nSPS) is 15.4. The van der Waals surface area contributed by atoms with E-state index in [-0.39, 0.29) is 65.0 Å². The highest BCUT2D eigenvalue weighted by atomic mass is 79.9. The quantitative estimate of drug-likeness (QED) is 0.0332. The van der Waals surface area contributed by atoms with Gasteiger partial charge in [0, 0.05) is 32.5 Å². The van der Waals surface area contributed by atoms with Crippen LogP contribution >= 0.6 is 69.7 Å². The molecule has 4 aromatic rings. The second kappa shape index (κ2) is 28.1. The van der Waals surface area contributed by atoms with E-state index in [2.05, 4.69) is 34.9 Å². The first-order valence-electron chi connectivity index (χ1n) is 21.4. The molecule has 2 amide bonds. The summed E-state index contributed by atoms with van der Waals surface area (Å²) in [6, 6.07) is 10.5. The summed E-state index contributed by atoms with van der Waals surface area (Å²) < 4.78 is 85.5. The van der Waals surface area contributed by atoms with Gasteiger partial charge in [-0.25, -0.2) is 9.18 Å². The first kappa shape index (κ1) is 63.4. The van der Waals surface area contributed by atoms with Crippen LogP contribution < -0.4 is 10.6 Å². The number of esters is 1. The van der Waals surface area contributed by atoms with E-state index in [1.165, 1.54) is 11.6 Å². The van der Waals surface area contributed by atoms with Crippen LogP contribution in [-0.2, 0) is 59.2 Å². The summed E-state index contributed by atoms with van der Waals surface area (Å²) in [4.78, 5) is 56.8. The van der Waals surface area contributed by atoms with Crippen molar-refractivity contribution in [3.05, 3.63) is 92.2 Å². The number of nitrogens with zero attached hydrogens (tertiary/aromatic N) is 4. The van der Waals surface area contributed by atoms with Gasteiger partial charge in [0.2, 0.25) is 5.91 Å². The van der Waals surface area contributed by atoms with Crippen LogP contribution in [0, 0.1) is 5.82 Å². The number of halogens is 9. The number of methoxy groups -OCH3 is 1. The summed E-state index contributed by atoms with van der Waals surface area (Å²) in [5, 5.41) is 11.8. The highest BCUT2D eigenvalue weighted by Crippen LogP contribution is 2.42. The van der Waals surface area contributed by atoms with Crippen molar-refractivity contribution < 1.29 is 69.9 Å². The zero-order valence-corrected chi connectivity index (χ0v) is 45.7. The lowest BCUT2D eigenvalue weighted by Crippen LogP contribution is -2.45. The lowest BCUT2D eigenvalue weighted by molar-refractivity contribution is -0.145. The molecule has 3 atom stereocenters. The minimum atomic E-state index is -4.69. The van der Waals surface area contributed by atoms with E-state index >= 15 is 0 Å². The van der Waals surface area contributed by atoms with Crippen LogP contribution in [0.5, 0.6) is 0 Å². The van der Waals surface area contributed by atoms with Gasteiger partial charge in [0.1, 0.15) is 47.8 Å². The number of ether oxygens (including phenoxy) is 3. The molecule has 71 heavy (non-hydrogen) atoms. The summed E-state index contributed by atoms with van der Waals surface area (Å²) in [6.07, 6.45) is -2.10. The number of anilines is 1. The molecule has 3 heterocycles. The van der Waals surface area contributed by atoms with Crippen LogP contribution in [0.4, 0.5) is 23.2 Å². The van der Waals surface area contributed by atoms with Crippen LogP contribution in [0.25, 0.3) is 11.3 Å². The number of carbonyl (C=O) groups excluding carboxylic acids is 3. The fourth-order valence-corrected chi connectivity index (χ4v) is 8.74. The lowest BCUT2D eigenvalue weighted by atomic mass is 10.0. The van der Waals surface area contributed by atoms with Gasteiger partial charge >= 0.3 is 18.1 Å². The summed E-state index contributed by atoms with van der Waals surface area (Å²) in [5.41, 5.74) is 5.73. The highest BCUT2D eigenvalue weighted by Gasteiger charge is 2.45. The first-order valence-corrected chi connectivity index (χ1v) is 26.3. The fourth-order valence-electron chi connectivity index (χ4n) is 6.60. The molecule has 1 saturated heterocycles. The zero-order chi connectivity index (χ0) is 54.3. The van der Waals surface area contributed by atoms with Crippen LogP contribution in [-0.4, -0.2) is 110 Å². The standard InChI is InChI=1S/C15H12BrClF4N2O2.C14H20ClNO2.C11H13Cl2NO3.C5H12NO4P/c1-6(2)25-14(24)7-4-8(10(18)5-9(7)17)12-11(16)13(15(19,20)21)23(3)22-12;1-4-11-7-6-8-12(5-2)14(11)16(10-18-3)13(17)9-15;1-11(2)14(10(15)9(12)13)6-8(17-11)7-4-3-5-16-7;1-11(9,10)3-2-4(6)5(7)8/h4-6H,1-3H3;6-8H,4-5,9-10H2,1-3H3;3-5,8-9H,6H2,1-2H3;4H,2-3,6H2,1H3,(H,7,8)(H,9,10). The van der Waals surface area contributed by atoms with E-state index in [4.69, 9.17) is 80.8 Å². The van der Waals surface area contributed by atoms with Gasteiger partial charge in [-0.05, 0) is 98.3 Å². The molecule has 396 valence electrons. The highest BCUT2D eigenvalue weighted by molar-refractivity contribution is 9.10. The van der Waals surface area contributed by atoms with Crippen molar-refractivity contribution in [1.82, 2.24) is 14.7 Å². The predicted octanol–water partition coefficient (Wildman–Crippen LogP) is 10.6. The second-order valence-electron chi connectivity index (χ2n) is 16.2. The number of aliphatic carboxylic acids is 1. The molecule has 2 aromatic heterocycles. The smallest absolute Gasteiger partial charge is 0.434 e. The number of furan rings is 1. The Balaban J connectivity index is 0.000000337. The maximum atomic E-state index is 14.3. The van der Waals surface area contributed by atoms with Crippen LogP contribution in [0.2, 0.25) is 5.02 Å². The molecule has 1 aliphatic heterocycles. The molecule has 0 radical (unpaired) electrons. The molecule has 1 fully saturated rings. The molecule has 0 saturated carbocycles. The van der Waals surface area contributed by atoms with E-state index in [1.54, 1.807) is 52.0 Å². The summed E-state index contributed by atoms with van der Waals surface area (Å²) in [7, 11) is -0.442. The number of carboxylic acid groups (broad SMARTS) is 1.